The molecule has 1 N–H and O–H groups in total. The molecule has 0 unspecified atom stereocenters. The number of nitrogens with one attached hydrogen (secondary N) is 1. The first-order valence-corrected chi connectivity index (χ1v) is 8.26. The molecule has 0 saturated heterocycles. The van der Waals surface area contributed by atoms with Gasteiger partial charge in [0.1, 0.15) is 17.3 Å². The molecular weight excluding hydrogens is 378 g/mol. The molecule has 0 aliphatic heterocycles. The summed E-state index contributed by atoms with van der Waals surface area (Å²) in [5.41, 5.74) is 0.180. The number of hydrogen-bond donors (Lipinski definition) is 1. The highest BCUT2D eigenvalue weighted by Gasteiger charge is 2.31. The molecule has 0 aliphatic rings. The van der Waals surface area contributed by atoms with Gasteiger partial charge in [-0.15, -0.1) is 13.2 Å². The predicted molar refractivity (Wildman–Crippen MR) is 95.8 cm³/mol. The van der Waals surface area contributed by atoms with Gasteiger partial charge in [-0.05, 0) is 47.2 Å². The number of anilines is 1. The van der Waals surface area contributed by atoms with Crippen molar-refractivity contribution in [1.29, 1.82) is 0 Å². The van der Waals surface area contributed by atoms with E-state index < -0.39 is 18.0 Å². The van der Waals surface area contributed by atoms with E-state index in [4.69, 9.17) is 4.74 Å². The van der Waals surface area contributed by atoms with Crippen LogP contribution in [0.15, 0.2) is 60.7 Å². The number of carbonyl (C=O) groups excluding carboxylic acids is 1. The number of alkyl halides is 3. The van der Waals surface area contributed by atoms with Gasteiger partial charge in [-0.3, -0.25) is 4.79 Å². The Morgan fingerprint density at radius 2 is 1.68 bits per heavy atom. The van der Waals surface area contributed by atoms with E-state index in [0.717, 1.165) is 22.9 Å². The van der Waals surface area contributed by atoms with Crippen molar-refractivity contribution in [1.82, 2.24) is 0 Å². The minimum atomic E-state index is -4.80. The van der Waals surface area contributed by atoms with Gasteiger partial charge >= 0.3 is 6.36 Å². The van der Waals surface area contributed by atoms with Crippen LogP contribution in [-0.2, 0) is 4.79 Å². The van der Waals surface area contributed by atoms with Crippen LogP contribution in [-0.4, -0.2) is 18.9 Å². The van der Waals surface area contributed by atoms with Crippen molar-refractivity contribution in [3.8, 4) is 11.5 Å². The fraction of sp³-hybridized carbons (Fsp3) is 0.150. The van der Waals surface area contributed by atoms with Crippen molar-refractivity contribution in [2.45, 2.75) is 12.8 Å². The zero-order valence-corrected chi connectivity index (χ0v) is 14.4. The molecule has 0 radical (unpaired) electrons. The van der Waals surface area contributed by atoms with Gasteiger partial charge < -0.3 is 14.8 Å². The molecule has 146 valence electrons. The zero-order valence-electron chi connectivity index (χ0n) is 14.4. The summed E-state index contributed by atoms with van der Waals surface area (Å²) in [6, 6.07) is 14.5. The van der Waals surface area contributed by atoms with Crippen LogP contribution in [0.3, 0.4) is 0 Å². The van der Waals surface area contributed by atoms with Crippen molar-refractivity contribution in [3.63, 3.8) is 0 Å². The minimum Gasteiger partial charge on any atom is -0.493 e. The highest BCUT2D eigenvalue weighted by Crippen LogP contribution is 2.25. The maximum Gasteiger partial charge on any atom is 0.573 e. The molecule has 8 heteroatoms. The van der Waals surface area contributed by atoms with Crippen molar-refractivity contribution in [3.05, 3.63) is 66.5 Å². The van der Waals surface area contributed by atoms with Crippen molar-refractivity contribution in [2.24, 2.45) is 0 Å². The first kappa shape index (κ1) is 19.5. The highest BCUT2D eigenvalue weighted by atomic mass is 19.4. The fourth-order valence-corrected chi connectivity index (χ4v) is 2.54. The molecule has 0 fully saturated rings. The van der Waals surface area contributed by atoms with Gasteiger partial charge in [-0.25, -0.2) is 4.39 Å². The van der Waals surface area contributed by atoms with E-state index in [2.05, 4.69) is 10.1 Å². The number of ether oxygens (including phenoxy) is 2. The van der Waals surface area contributed by atoms with Gasteiger partial charge in [0.25, 0.3) is 0 Å². The Hall–Kier alpha value is -3.29. The summed E-state index contributed by atoms with van der Waals surface area (Å²) in [6.45, 7) is 0.0667. The fourth-order valence-electron chi connectivity index (χ4n) is 2.54. The molecule has 0 atom stereocenters. The lowest BCUT2D eigenvalue weighted by atomic mass is 10.1. The van der Waals surface area contributed by atoms with Crippen LogP contribution in [0.5, 0.6) is 11.5 Å². The van der Waals surface area contributed by atoms with Crippen LogP contribution in [0.25, 0.3) is 10.8 Å². The van der Waals surface area contributed by atoms with Gasteiger partial charge in [-0.2, -0.15) is 0 Å². The minimum absolute atomic E-state index is 0.00812. The van der Waals surface area contributed by atoms with E-state index in [1.807, 2.05) is 0 Å². The number of hydrogen-bond acceptors (Lipinski definition) is 3. The molecule has 0 spiro atoms. The standard InChI is InChI=1S/C20H15F4NO3/c21-15-6-4-14-11-17(7-5-13(14)10-15)27-9-8-19(26)25-16-2-1-3-18(12-16)28-20(22,23)24/h1-7,10-12H,8-9H2,(H,25,26). The summed E-state index contributed by atoms with van der Waals surface area (Å²) >= 11 is 0. The Morgan fingerprint density at radius 3 is 2.46 bits per heavy atom. The van der Waals surface area contributed by atoms with E-state index in [1.165, 1.54) is 24.3 Å². The molecule has 3 aromatic carbocycles. The molecule has 0 aliphatic carbocycles. The lowest BCUT2D eigenvalue weighted by molar-refractivity contribution is -0.274. The third-order valence-corrected chi connectivity index (χ3v) is 3.72. The van der Waals surface area contributed by atoms with Crippen LogP contribution in [0, 0.1) is 5.82 Å². The first-order valence-electron chi connectivity index (χ1n) is 8.26. The number of fused-ring (bicyclic) bond motifs is 1. The third-order valence-electron chi connectivity index (χ3n) is 3.72. The van der Waals surface area contributed by atoms with E-state index in [9.17, 15) is 22.4 Å². The van der Waals surface area contributed by atoms with Crippen molar-refractivity contribution < 1.29 is 31.8 Å². The summed E-state index contributed by atoms with van der Waals surface area (Å²) < 4.78 is 59.2. The van der Waals surface area contributed by atoms with Gasteiger partial charge in [-0.1, -0.05) is 18.2 Å². The summed E-state index contributed by atoms with van der Waals surface area (Å²) in [5, 5.41) is 4.01. The Kier molecular flexibility index (Phi) is 5.67. The Morgan fingerprint density at radius 1 is 0.929 bits per heavy atom. The molecule has 28 heavy (non-hydrogen) atoms. The molecule has 3 aromatic rings. The van der Waals surface area contributed by atoms with Crippen LogP contribution < -0.4 is 14.8 Å². The quantitative estimate of drug-likeness (QED) is 0.580. The molecule has 0 heterocycles. The van der Waals surface area contributed by atoms with E-state index >= 15 is 0 Å². The normalized spacial score (nSPS) is 11.3. The van der Waals surface area contributed by atoms with Crippen LogP contribution in [0.1, 0.15) is 6.42 Å². The number of benzene rings is 3. The molecule has 1 amide bonds. The van der Waals surface area contributed by atoms with E-state index in [0.29, 0.717) is 5.75 Å². The monoisotopic (exact) mass is 393 g/mol. The summed E-state index contributed by atoms with van der Waals surface area (Å²) in [4.78, 5) is 12.0. The maximum atomic E-state index is 13.2. The first-order chi connectivity index (χ1) is 13.3. The van der Waals surface area contributed by atoms with Crippen molar-refractivity contribution >= 4 is 22.4 Å². The van der Waals surface area contributed by atoms with E-state index in [1.54, 1.807) is 24.3 Å². The van der Waals surface area contributed by atoms with Crippen LogP contribution in [0.4, 0.5) is 23.2 Å². The van der Waals surface area contributed by atoms with Gasteiger partial charge in [0.05, 0.1) is 13.0 Å². The maximum absolute atomic E-state index is 13.2. The van der Waals surface area contributed by atoms with Crippen LogP contribution >= 0.6 is 0 Å². The molecule has 0 saturated carbocycles. The summed E-state index contributed by atoms with van der Waals surface area (Å²) in [5.74, 6) is -0.656. The summed E-state index contributed by atoms with van der Waals surface area (Å²) in [6.07, 6.45) is -4.81. The lowest BCUT2D eigenvalue weighted by Crippen LogP contribution is -2.18. The highest BCUT2D eigenvalue weighted by molar-refractivity contribution is 5.91. The molecular formula is C20H15F4NO3. The van der Waals surface area contributed by atoms with Gasteiger partial charge in [0.2, 0.25) is 5.91 Å². The second-order valence-electron chi connectivity index (χ2n) is 5.88. The number of rotatable bonds is 6. The number of halogens is 4. The average Bonchev–Trinajstić information content (AvgIpc) is 2.60. The SMILES string of the molecule is O=C(CCOc1ccc2cc(F)ccc2c1)Nc1cccc(OC(F)(F)F)c1. The van der Waals surface area contributed by atoms with Gasteiger partial charge in [0.15, 0.2) is 0 Å². The zero-order chi connectivity index (χ0) is 20.1. The smallest absolute Gasteiger partial charge is 0.493 e. The second-order valence-corrected chi connectivity index (χ2v) is 5.88. The second kappa shape index (κ2) is 8.16. The number of carbonyl (C=O) groups is 1. The Bertz CT molecular complexity index is 989. The predicted octanol–water partition coefficient (Wildman–Crippen LogP) is 5.29. The van der Waals surface area contributed by atoms with Gasteiger partial charge in [0, 0.05) is 11.8 Å². The van der Waals surface area contributed by atoms with Crippen molar-refractivity contribution in [2.75, 3.05) is 11.9 Å². The lowest BCUT2D eigenvalue weighted by Gasteiger charge is -2.11. The molecule has 0 aromatic heterocycles. The molecule has 4 nitrogen and oxygen atoms in total. The number of amides is 1. The third kappa shape index (κ3) is 5.60. The topological polar surface area (TPSA) is 47.6 Å². The largest absolute Gasteiger partial charge is 0.573 e. The van der Waals surface area contributed by atoms with Crippen LogP contribution in [0.2, 0.25) is 0 Å². The molecule has 0 bridgehead atoms. The van der Waals surface area contributed by atoms with E-state index in [-0.39, 0.29) is 24.5 Å². The Labute approximate surface area is 157 Å². The Balaban J connectivity index is 1.52. The molecule has 3 rings (SSSR count). The summed E-state index contributed by atoms with van der Waals surface area (Å²) in [7, 11) is 0. The average molecular weight is 393 g/mol.